The highest BCUT2D eigenvalue weighted by Gasteiger charge is 2.27. The van der Waals surface area contributed by atoms with Gasteiger partial charge in [-0.15, -0.1) is 0 Å². The zero-order valence-electron chi connectivity index (χ0n) is 11.3. The molecule has 0 saturated carbocycles. The number of phenols is 1. The van der Waals surface area contributed by atoms with Gasteiger partial charge in [0.05, 0.1) is 6.10 Å². The predicted molar refractivity (Wildman–Crippen MR) is 75.8 cm³/mol. The van der Waals surface area contributed by atoms with Gasteiger partial charge in [-0.05, 0) is 49.6 Å². The van der Waals surface area contributed by atoms with E-state index in [1.54, 1.807) is 6.07 Å². The summed E-state index contributed by atoms with van der Waals surface area (Å²) >= 11 is 0. The van der Waals surface area contributed by atoms with Crippen LogP contribution in [0.25, 0.3) is 0 Å². The van der Waals surface area contributed by atoms with E-state index in [0.717, 1.165) is 17.7 Å². The minimum Gasteiger partial charge on any atom is -0.508 e. The van der Waals surface area contributed by atoms with Gasteiger partial charge in [-0.1, -0.05) is 24.3 Å². The van der Waals surface area contributed by atoms with Crippen LogP contribution >= 0.6 is 0 Å². The molecule has 1 aliphatic heterocycles. The number of benzene rings is 2. The van der Waals surface area contributed by atoms with Crippen molar-refractivity contribution in [1.82, 2.24) is 0 Å². The molecule has 0 aliphatic carbocycles. The molecule has 19 heavy (non-hydrogen) atoms. The molecule has 2 aromatic rings. The normalized spacial score (nSPS) is 21.6. The van der Waals surface area contributed by atoms with Crippen LogP contribution in [0, 0.1) is 6.92 Å². The molecular weight excluding hydrogens is 236 g/mol. The van der Waals surface area contributed by atoms with Gasteiger partial charge in [-0.3, -0.25) is 0 Å². The van der Waals surface area contributed by atoms with Crippen molar-refractivity contribution in [2.45, 2.75) is 32.3 Å². The van der Waals surface area contributed by atoms with E-state index in [4.69, 9.17) is 4.74 Å². The average molecular weight is 254 g/mol. The van der Waals surface area contributed by atoms with Crippen LogP contribution in [0.3, 0.4) is 0 Å². The maximum absolute atomic E-state index is 9.56. The van der Waals surface area contributed by atoms with Crippen molar-refractivity contribution in [2.75, 3.05) is 0 Å². The molecule has 1 heterocycles. The molecule has 98 valence electrons. The maximum atomic E-state index is 9.56. The fourth-order valence-corrected chi connectivity index (χ4v) is 2.94. The molecule has 0 fully saturated rings. The van der Waals surface area contributed by atoms with Gasteiger partial charge in [-0.25, -0.2) is 0 Å². The molecule has 1 N–H and O–H groups in total. The third-order valence-corrected chi connectivity index (χ3v) is 3.82. The quantitative estimate of drug-likeness (QED) is 0.833. The number of aromatic hydroxyl groups is 1. The van der Waals surface area contributed by atoms with E-state index in [-0.39, 0.29) is 6.10 Å². The summed E-state index contributed by atoms with van der Waals surface area (Å²) in [5.74, 6) is 1.66. The van der Waals surface area contributed by atoms with Crippen molar-refractivity contribution in [1.29, 1.82) is 0 Å². The third-order valence-electron chi connectivity index (χ3n) is 3.82. The Balaban J connectivity index is 2.10. The van der Waals surface area contributed by atoms with E-state index >= 15 is 0 Å². The molecule has 2 heteroatoms. The van der Waals surface area contributed by atoms with Gasteiger partial charge in [0.15, 0.2) is 0 Å². The second-order valence-corrected chi connectivity index (χ2v) is 5.30. The molecule has 0 radical (unpaired) electrons. The molecule has 0 saturated heterocycles. The Morgan fingerprint density at radius 1 is 1.11 bits per heavy atom. The number of aryl methyl sites for hydroxylation is 1. The van der Waals surface area contributed by atoms with Crippen molar-refractivity contribution in [2.24, 2.45) is 0 Å². The van der Waals surface area contributed by atoms with Crippen LogP contribution in [0.4, 0.5) is 0 Å². The second-order valence-electron chi connectivity index (χ2n) is 5.30. The molecule has 1 aliphatic rings. The highest BCUT2D eigenvalue weighted by Crippen LogP contribution is 2.41. The fourth-order valence-electron chi connectivity index (χ4n) is 2.94. The standard InChI is InChI=1S/C17H18O2/c1-11-9-13(18)7-8-14(11)16-10-12(2)19-17-6-4-3-5-15(16)17/h3-9,12,16,18H,10H2,1-2H3. The lowest BCUT2D eigenvalue weighted by molar-refractivity contribution is 0.183. The first-order valence-corrected chi connectivity index (χ1v) is 6.70. The molecule has 2 nitrogen and oxygen atoms in total. The summed E-state index contributed by atoms with van der Waals surface area (Å²) in [6, 6.07) is 13.9. The van der Waals surface area contributed by atoms with Gasteiger partial charge in [0.25, 0.3) is 0 Å². The summed E-state index contributed by atoms with van der Waals surface area (Å²) in [4.78, 5) is 0. The first-order valence-electron chi connectivity index (χ1n) is 6.70. The number of para-hydroxylation sites is 1. The van der Waals surface area contributed by atoms with E-state index in [0.29, 0.717) is 11.7 Å². The highest BCUT2D eigenvalue weighted by atomic mass is 16.5. The van der Waals surface area contributed by atoms with E-state index in [2.05, 4.69) is 26.0 Å². The Bertz CT molecular complexity index is 604. The smallest absolute Gasteiger partial charge is 0.123 e. The summed E-state index contributed by atoms with van der Waals surface area (Å²) in [6.07, 6.45) is 1.19. The average Bonchev–Trinajstić information content (AvgIpc) is 2.38. The second kappa shape index (κ2) is 4.61. The topological polar surface area (TPSA) is 29.5 Å². The van der Waals surface area contributed by atoms with Crippen LogP contribution in [0.15, 0.2) is 42.5 Å². The SMILES string of the molecule is Cc1cc(O)ccc1C1CC(C)Oc2ccccc21. The lowest BCUT2D eigenvalue weighted by Crippen LogP contribution is -2.23. The molecule has 0 spiro atoms. The highest BCUT2D eigenvalue weighted by molar-refractivity contribution is 5.47. The minimum absolute atomic E-state index is 0.216. The number of rotatable bonds is 1. The van der Waals surface area contributed by atoms with Crippen molar-refractivity contribution >= 4 is 0 Å². The summed E-state index contributed by atoms with van der Waals surface area (Å²) < 4.78 is 5.90. The summed E-state index contributed by atoms with van der Waals surface area (Å²) in [5, 5.41) is 9.56. The van der Waals surface area contributed by atoms with E-state index in [1.807, 2.05) is 24.3 Å². The van der Waals surface area contributed by atoms with Crippen LogP contribution in [0.1, 0.15) is 36.0 Å². The van der Waals surface area contributed by atoms with Crippen molar-refractivity contribution in [3.05, 3.63) is 59.2 Å². The zero-order chi connectivity index (χ0) is 13.4. The summed E-state index contributed by atoms with van der Waals surface area (Å²) in [5.41, 5.74) is 3.66. The van der Waals surface area contributed by atoms with Crippen LogP contribution in [0.2, 0.25) is 0 Å². The molecule has 2 aromatic carbocycles. The van der Waals surface area contributed by atoms with Gasteiger partial charge < -0.3 is 9.84 Å². The van der Waals surface area contributed by atoms with Crippen LogP contribution in [0.5, 0.6) is 11.5 Å². The Hall–Kier alpha value is -1.96. The predicted octanol–water partition coefficient (Wildman–Crippen LogP) is 4.00. The third kappa shape index (κ3) is 2.19. The molecule has 3 rings (SSSR count). The molecular formula is C17H18O2. The minimum atomic E-state index is 0.216. The van der Waals surface area contributed by atoms with Crippen LogP contribution < -0.4 is 4.74 Å². The number of hydrogen-bond donors (Lipinski definition) is 1. The van der Waals surface area contributed by atoms with Crippen molar-refractivity contribution < 1.29 is 9.84 Å². The molecule has 0 amide bonds. The van der Waals surface area contributed by atoms with Gasteiger partial charge in [-0.2, -0.15) is 0 Å². The molecule has 2 unspecified atom stereocenters. The van der Waals surface area contributed by atoms with E-state index in [1.165, 1.54) is 11.1 Å². The monoisotopic (exact) mass is 254 g/mol. The zero-order valence-corrected chi connectivity index (χ0v) is 11.3. The number of fused-ring (bicyclic) bond motifs is 1. The van der Waals surface area contributed by atoms with Gasteiger partial charge in [0.2, 0.25) is 0 Å². The van der Waals surface area contributed by atoms with E-state index in [9.17, 15) is 5.11 Å². The Morgan fingerprint density at radius 3 is 2.68 bits per heavy atom. The Morgan fingerprint density at radius 2 is 1.89 bits per heavy atom. The number of ether oxygens (including phenoxy) is 1. The van der Waals surface area contributed by atoms with Crippen LogP contribution in [-0.2, 0) is 0 Å². The van der Waals surface area contributed by atoms with E-state index < -0.39 is 0 Å². The summed E-state index contributed by atoms with van der Waals surface area (Å²) in [6.45, 7) is 4.16. The van der Waals surface area contributed by atoms with Crippen molar-refractivity contribution in [3.63, 3.8) is 0 Å². The first-order chi connectivity index (χ1) is 9.15. The molecule has 2 atom stereocenters. The molecule has 0 bridgehead atoms. The number of hydrogen-bond acceptors (Lipinski definition) is 2. The van der Waals surface area contributed by atoms with Gasteiger partial charge >= 0.3 is 0 Å². The lowest BCUT2D eigenvalue weighted by Gasteiger charge is -2.31. The Labute approximate surface area is 113 Å². The van der Waals surface area contributed by atoms with Gasteiger partial charge in [0.1, 0.15) is 11.5 Å². The van der Waals surface area contributed by atoms with Gasteiger partial charge in [0, 0.05) is 11.5 Å². The summed E-state index contributed by atoms with van der Waals surface area (Å²) in [7, 11) is 0. The Kier molecular flexibility index (Phi) is 2.94. The van der Waals surface area contributed by atoms with Crippen LogP contribution in [-0.4, -0.2) is 11.2 Å². The first kappa shape index (κ1) is 12.1. The van der Waals surface area contributed by atoms with Crippen molar-refractivity contribution in [3.8, 4) is 11.5 Å². The lowest BCUT2D eigenvalue weighted by atomic mass is 9.82. The largest absolute Gasteiger partial charge is 0.508 e. The fraction of sp³-hybridized carbons (Fsp3) is 0.294. The molecule has 0 aromatic heterocycles. The number of phenolic OH excluding ortho intramolecular Hbond substituents is 1. The maximum Gasteiger partial charge on any atom is 0.123 e.